The number of rotatable bonds is 1. The Morgan fingerprint density at radius 3 is 3.15 bits per heavy atom. The lowest BCUT2D eigenvalue weighted by Crippen LogP contribution is -2.43. The molecule has 1 aromatic heterocycles. The number of benzene rings is 1. The van der Waals surface area contributed by atoms with Gasteiger partial charge < -0.3 is 24.8 Å². The topological polar surface area (TPSA) is 99.5 Å². The van der Waals surface area contributed by atoms with E-state index in [9.17, 15) is 4.79 Å². The van der Waals surface area contributed by atoms with Gasteiger partial charge in [0.1, 0.15) is 12.3 Å². The second-order valence-corrected chi connectivity index (χ2v) is 6.27. The van der Waals surface area contributed by atoms with Crippen molar-refractivity contribution in [1.82, 2.24) is 25.6 Å². The van der Waals surface area contributed by atoms with Gasteiger partial charge in [-0.2, -0.15) is 0 Å². The number of nitrogens with zero attached hydrogens (tertiary/aromatic N) is 3. The summed E-state index contributed by atoms with van der Waals surface area (Å²) in [4.78, 5) is 12.6. The molecule has 2 aliphatic heterocycles. The van der Waals surface area contributed by atoms with E-state index < -0.39 is 0 Å². The van der Waals surface area contributed by atoms with E-state index in [0.29, 0.717) is 49.9 Å². The largest absolute Gasteiger partial charge is 0.493 e. The van der Waals surface area contributed by atoms with Crippen molar-refractivity contribution in [2.75, 3.05) is 26.8 Å². The zero-order chi connectivity index (χ0) is 17.9. The van der Waals surface area contributed by atoms with Crippen LogP contribution in [0.2, 0.25) is 0 Å². The van der Waals surface area contributed by atoms with Crippen molar-refractivity contribution in [2.45, 2.75) is 25.3 Å². The van der Waals surface area contributed by atoms with E-state index in [1.54, 1.807) is 30.0 Å². The first kappa shape index (κ1) is 16.8. The zero-order valence-corrected chi connectivity index (χ0v) is 14.5. The van der Waals surface area contributed by atoms with E-state index in [4.69, 9.17) is 14.2 Å². The van der Waals surface area contributed by atoms with Crippen LogP contribution in [0, 0.1) is 0 Å². The minimum absolute atomic E-state index is 0.117. The first-order chi connectivity index (χ1) is 12.7. The SMILES string of the molecule is COc1ccc2cc1OCCn1cc(nn1)CO[C@H]1CNC[C@@H]1NC2=O. The first-order valence-corrected chi connectivity index (χ1v) is 8.56. The van der Waals surface area contributed by atoms with Gasteiger partial charge in [0.2, 0.25) is 0 Å². The molecule has 9 nitrogen and oxygen atoms in total. The quantitative estimate of drug-likeness (QED) is 0.737. The number of carbonyl (C=O) groups excluding carboxylic acids is 1. The number of hydrogen-bond donors (Lipinski definition) is 2. The number of nitrogens with one attached hydrogen (secondary N) is 2. The Morgan fingerprint density at radius 2 is 2.27 bits per heavy atom. The molecule has 0 aliphatic carbocycles. The lowest BCUT2D eigenvalue weighted by Gasteiger charge is -2.20. The molecule has 1 fully saturated rings. The molecule has 0 saturated carbocycles. The molecule has 0 radical (unpaired) electrons. The number of fused-ring (bicyclic) bond motifs is 5. The fourth-order valence-electron chi connectivity index (χ4n) is 3.11. The molecule has 9 heteroatoms. The van der Waals surface area contributed by atoms with Crippen LogP contribution in [0.25, 0.3) is 0 Å². The van der Waals surface area contributed by atoms with Gasteiger partial charge >= 0.3 is 0 Å². The molecule has 2 atom stereocenters. The van der Waals surface area contributed by atoms with Gasteiger partial charge in [-0.25, -0.2) is 4.68 Å². The van der Waals surface area contributed by atoms with Crippen LogP contribution in [0.4, 0.5) is 0 Å². The average molecular weight is 359 g/mol. The Morgan fingerprint density at radius 1 is 1.35 bits per heavy atom. The van der Waals surface area contributed by atoms with Gasteiger partial charge in [0, 0.05) is 18.7 Å². The van der Waals surface area contributed by atoms with Crippen LogP contribution in [0.1, 0.15) is 16.1 Å². The number of amides is 1. The number of methoxy groups -OCH3 is 1. The van der Waals surface area contributed by atoms with Crippen LogP contribution < -0.4 is 20.1 Å². The zero-order valence-electron chi connectivity index (χ0n) is 14.5. The van der Waals surface area contributed by atoms with Crippen molar-refractivity contribution in [2.24, 2.45) is 0 Å². The Hall–Kier alpha value is -2.65. The van der Waals surface area contributed by atoms with E-state index >= 15 is 0 Å². The van der Waals surface area contributed by atoms with Gasteiger partial charge in [-0.15, -0.1) is 5.10 Å². The van der Waals surface area contributed by atoms with Crippen molar-refractivity contribution in [3.05, 3.63) is 35.7 Å². The summed E-state index contributed by atoms with van der Waals surface area (Å²) in [6, 6.07) is 5.03. The third-order valence-corrected chi connectivity index (χ3v) is 4.51. The highest BCUT2D eigenvalue weighted by atomic mass is 16.5. The third-order valence-electron chi connectivity index (χ3n) is 4.51. The van der Waals surface area contributed by atoms with Gasteiger partial charge in [0.25, 0.3) is 5.91 Å². The van der Waals surface area contributed by atoms with Crippen molar-refractivity contribution < 1.29 is 19.0 Å². The van der Waals surface area contributed by atoms with E-state index in [1.807, 2.05) is 6.20 Å². The molecule has 2 aliphatic rings. The van der Waals surface area contributed by atoms with Gasteiger partial charge in [0.15, 0.2) is 11.5 Å². The Balaban J connectivity index is 1.63. The monoisotopic (exact) mass is 359 g/mol. The van der Waals surface area contributed by atoms with E-state index in [1.165, 1.54) is 0 Å². The summed E-state index contributed by atoms with van der Waals surface area (Å²) >= 11 is 0. The molecule has 3 heterocycles. The molecule has 138 valence electrons. The smallest absolute Gasteiger partial charge is 0.251 e. The van der Waals surface area contributed by atoms with Crippen molar-refractivity contribution >= 4 is 5.91 Å². The maximum atomic E-state index is 12.6. The highest BCUT2D eigenvalue weighted by Gasteiger charge is 2.30. The summed E-state index contributed by atoms with van der Waals surface area (Å²) in [5.74, 6) is 0.931. The highest BCUT2D eigenvalue weighted by Crippen LogP contribution is 2.28. The van der Waals surface area contributed by atoms with E-state index in [2.05, 4.69) is 20.9 Å². The number of ether oxygens (including phenoxy) is 3. The minimum Gasteiger partial charge on any atom is -0.493 e. The molecular formula is C17H21N5O4. The van der Waals surface area contributed by atoms with Crippen molar-refractivity contribution in [3.8, 4) is 11.5 Å². The second kappa shape index (κ2) is 7.30. The first-order valence-electron chi connectivity index (χ1n) is 8.56. The summed E-state index contributed by atoms with van der Waals surface area (Å²) in [5, 5.41) is 14.5. The molecule has 0 unspecified atom stereocenters. The fourth-order valence-corrected chi connectivity index (χ4v) is 3.11. The summed E-state index contributed by atoms with van der Waals surface area (Å²) in [6.45, 7) is 2.58. The fraction of sp³-hybridized carbons (Fsp3) is 0.471. The summed E-state index contributed by atoms with van der Waals surface area (Å²) in [5.41, 5.74) is 1.26. The molecule has 4 rings (SSSR count). The molecule has 1 aromatic carbocycles. The van der Waals surface area contributed by atoms with Crippen LogP contribution >= 0.6 is 0 Å². The van der Waals surface area contributed by atoms with Crippen LogP contribution in [-0.4, -0.2) is 59.9 Å². The van der Waals surface area contributed by atoms with Gasteiger partial charge in [-0.1, -0.05) is 5.21 Å². The predicted octanol–water partition coefficient (Wildman–Crippen LogP) is -0.0339. The second-order valence-electron chi connectivity index (χ2n) is 6.27. The third kappa shape index (κ3) is 3.49. The number of hydrogen-bond acceptors (Lipinski definition) is 7. The van der Waals surface area contributed by atoms with Crippen LogP contribution in [-0.2, 0) is 17.9 Å². The molecule has 26 heavy (non-hydrogen) atoms. The van der Waals surface area contributed by atoms with Gasteiger partial charge in [0.05, 0.1) is 38.6 Å². The Bertz CT molecular complexity index is 793. The molecule has 2 aromatic rings. The predicted molar refractivity (Wildman–Crippen MR) is 91.2 cm³/mol. The van der Waals surface area contributed by atoms with Crippen molar-refractivity contribution in [3.63, 3.8) is 0 Å². The molecule has 4 bridgehead atoms. The maximum absolute atomic E-state index is 12.6. The van der Waals surface area contributed by atoms with Gasteiger partial charge in [-0.3, -0.25) is 4.79 Å². The van der Waals surface area contributed by atoms with Gasteiger partial charge in [-0.05, 0) is 18.2 Å². The van der Waals surface area contributed by atoms with Crippen LogP contribution in [0.5, 0.6) is 11.5 Å². The molecule has 2 N–H and O–H groups in total. The Kier molecular flexibility index (Phi) is 4.72. The lowest BCUT2D eigenvalue weighted by atomic mass is 10.1. The maximum Gasteiger partial charge on any atom is 0.251 e. The molecular weight excluding hydrogens is 338 g/mol. The molecule has 1 amide bonds. The molecule has 1 saturated heterocycles. The molecule has 0 spiro atoms. The number of carbonyl (C=O) groups is 1. The average Bonchev–Trinajstić information content (AvgIpc) is 3.28. The van der Waals surface area contributed by atoms with Crippen LogP contribution in [0.3, 0.4) is 0 Å². The van der Waals surface area contributed by atoms with E-state index in [0.717, 1.165) is 5.69 Å². The minimum atomic E-state index is -0.168. The van der Waals surface area contributed by atoms with Crippen molar-refractivity contribution in [1.29, 1.82) is 0 Å². The lowest BCUT2D eigenvalue weighted by molar-refractivity contribution is 0.0341. The highest BCUT2D eigenvalue weighted by molar-refractivity contribution is 5.95. The number of aromatic nitrogens is 3. The summed E-state index contributed by atoms with van der Waals surface area (Å²) in [6.07, 6.45) is 1.72. The normalized spacial score (nSPS) is 23.2. The Labute approximate surface area is 150 Å². The van der Waals surface area contributed by atoms with E-state index in [-0.39, 0.29) is 18.1 Å². The standard InChI is InChI=1S/C17H21N5O4/c1-24-14-3-2-11-6-15(14)25-5-4-22-9-12(20-21-22)10-26-16-8-18-7-13(16)19-17(11)23/h2-3,6,9,13,16,18H,4-5,7-8,10H2,1H3,(H,19,23)/t13-,16-/m0/s1. The van der Waals surface area contributed by atoms with Crippen LogP contribution in [0.15, 0.2) is 24.4 Å². The summed E-state index contributed by atoms with van der Waals surface area (Å²) < 4.78 is 18.8. The summed E-state index contributed by atoms with van der Waals surface area (Å²) in [7, 11) is 1.57.